The first-order chi connectivity index (χ1) is 9.57. The van der Waals surface area contributed by atoms with Crippen LogP contribution < -0.4 is 11.1 Å². The van der Waals surface area contributed by atoms with Crippen LogP contribution in [0.1, 0.15) is 43.2 Å². The second-order valence-electron chi connectivity index (χ2n) is 6.69. The minimum Gasteiger partial charge on any atom is -0.370 e. The van der Waals surface area contributed by atoms with E-state index >= 15 is 0 Å². The Hall–Kier alpha value is -0.780. The molecule has 3 N–H and O–H groups in total. The summed E-state index contributed by atoms with van der Waals surface area (Å²) in [4.78, 5) is 4.62. The average molecular weight is 399 g/mol. The number of aryl methyl sites for hydroxylation is 2. The summed E-state index contributed by atoms with van der Waals surface area (Å²) >= 11 is 0. The highest BCUT2D eigenvalue weighted by Gasteiger charge is 2.48. The lowest BCUT2D eigenvalue weighted by atomic mass is 9.65. The summed E-state index contributed by atoms with van der Waals surface area (Å²) in [5.41, 5.74) is 10.1. The summed E-state index contributed by atoms with van der Waals surface area (Å²) < 4.78 is 0. The van der Waals surface area contributed by atoms with Crippen molar-refractivity contribution in [2.24, 2.45) is 22.1 Å². The Morgan fingerprint density at radius 3 is 2.33 bits per heavy atom. The second kappa shape index (κ2) is 6.55. The van der Waals surface area contributed by atoms with Gasteiger partial charge in [0, 0.05) is 12.2 Å². The van der Waals surface area contributed by atoms with Crippen LogP contribution in [0.25, 0.3) is 0 Å². The van der Waals surface area contributed by atoms with E-state index in [0.717, 1.165) is 18.2 Å². The fraction of sp³-hybridized carbons (Fsp3) is 0.588. The van der Waals surface area contributed by atoms with E-state index in [0.29, 0.717) is 11.4 Å². The van der Waals surface area contributed by atoms with Gasteiger partial charge >= 0.3 is 0 Å². The van der Waals surface area contributed by atoms with Crippen molar-refractivity contribution < 1.29 is 0 Å². The van der Waals surface area contributed by atoms with Gasteiger partial charge in [0.15, 0.2) is 5.96 Å². The number of nitrogens with one attached hydrogen (secondary N) is 1. The average Bonchev–Trinajstić information content (AvgIpc) is 3.10. The third-order valence-corrected chi connectivity index (χ3v) is 4.85. The molecule has 116 valence electrons. The van der Waals surface area contributed by atoms with Crippen LogP contribution in [-0.4, -0.2) is 12.5 Å². The van der Waals surface area contributed by atoms with Gasteiger partial charge in [-0.1, -0.05) is 12.5 Å². The highest BCUT2D eigenvalue weighted by molar-refractivity contribution is 14.0. The number of nitrogens with two attached hydrogens (primary N) is 1. The van der Waals surface area contributed by atoms with E-state index in [2.05, 4.69) is 42.4 Å². The molecule has 0 atom stereocenters. The fourth-order valence-electron chi connectivity index (χ4n) is 3.50. The van der Waals surface area contributed by atoms with E-state index in [1.54, 1.807) is 0 Å². The van der Waals surface area contributed by atoms with Crippen LogP contribution in [-0.2, 0) is 0 Å². The van der Waals surface area contributed by atoms with Crippen LogP contribution in [0.15, 0.2) is 23.2 Å². The summed E-state index contributed by atoms with van der Waals surface area (Å²) in [5.74, 6) is 1.48. The van der Waals surface area contributed by atoms with Crippen molar-refractivity contribution in [1.29, 1.82) is 0 Å². The van der Waals surface area contributed by atoms with E-state index in [1.165, 1.54) is 43.2 Å². The monoisotopic (exact) mass is 399 g/mol. The highest BCUT2D eigenvalue weighted by atomic mass is 127. The predicted octanol–water partition coefficient (Wildman–Crippen LogP) is 4.23. The van der Waals surface area contributed by atoms with Crippen molar-refractivity contribution in [3.05, 3.63) is 29.3 Å². The number of guanidine groups is 1. The van der Waals surface area contributed by atoms with Crippen LogP contribution in [0.5, 0.6) is 0 Å². The van der Waals surface area contributed by atoms with Crippen molar-refractivity contribution in [2.45, 2.75) is 46.0 Å². The number of aliphatic imine (C=N–C) groups is 1. The third-order valence-electron chi connectivity index (χ3n) is 4.85. The Bertz CT molecular complexity index is 511. The van der Waals surface area contributed by atoms with E-state index in [4.69, 9.17) is 5.73 Å². The van der Waals surface area contributed by atoms with Crippen molar-refractivity contribution in [3.8, 4) is 0 Å². The second-order valence-corrected chi connectivity index (χ2v) is 6.69. The standard InChI is InChI=1S/C17H25N3.HI/c1-12-8-13(2)10-15(9-12)20-16(18)19-11-17(6-3-7-17)14-4-5-14;/h8-10,14H,3-7,11H2,1-2H3,(H3,18,19,20);1H. The molecule has 2 aliphatic rings. The van der Waals surface area contributed by atoms with E-state index in [9.17, 15) is 0 Å². The van der Waals surface area contributed by atoms with Crippen molar-refractivity contribution in [1.82, 2.24) is 0 Å². The molecule has 0 saturated heterocycles. The number of nitrogens with zero attached hydrogens (tertiary/aromatic N) is 1. The first kappa shape index (κ1) is 16.6. The zero-order valence-corrected chi connectivity index (χ0v) is 15.3. The van der Waals surface area contributed by atoms with Gasteiger partial charge in [0.05, 0.1) is 0 Å². The number of halogens is 1. The minimum atomic E-state index is 0. The fourth-order valence-corrected chi connectivity index (χ4v) is 3.50. The molecule has 0 aromatic heterocycles. The van der Waals surface area contributed by atoms with Gasteiger partial charge < -0.3 is 11.1 Å². The number of hydrogen-bond acceptors (Lipinski definition) is 1. The van der Waals surface area contributed by atoms with Crippen LogP contribution in [0, 0.1) is 25.2 Å². The molecule has 3 nitrogen and oxygen atoms in total. The Labute approximate surface area is 144 Å². The van der Waals surface area contributed by atoms with Gasteiger partial charge in [-0.3, -0.25) is 4.99 Å². The van der Waals surface area contributed by atoms with E-state index < -0.39 is 0 Å². The lowest BCUT2D eigenvalue weighted by Gasteiger charge is -2.41. The Kier molecular flexibility index (Phi) is 5.17. The summed E-state index contributed by atoms with van der Waals surface area (Å²) in [6.07, 6.45) is 6.87. The Morgan fingerprint density at radius 1 is 1.24 bits per heavy atom. The smallest absolute Gasteiger partial charge is 0.193 e. The highest BCUT2D eigenvalue weighted by Crippen LogP contribution is 2.57. The SMILES string of the molecule is Cc1cc(C)cc(NC(N)=NCC2(C3CC3)CCC2)c1.I. The van der Waals surface area contributed by atoms with E-state index in [1.807, 2.05) is 0 Å². The molecule has 0 amide bonds. The van der Waals surface area contributed by atoms with Gasteiger partial charge in [0.25, 0.3) is 0 Å². The van der Waals surface area contributed by atoms with Gasteiger partial charge in [-0.25, -0.2) is 0 Å². The number of rotatable bonds is 4. The molecule has 21 heavy (non-hydrogen) atoms. The molecule has 2 fully saturated rings. The lowest BCUT2D eigenvalue weighted by Crippen LogP contribution is -2.36. The van der Waals surface area contributed by atoms with Crippen molar-refractivity contribution in [2.75, 3.05) is 11.9 Å². The third kappa shape index (κ3) is 3.90. The molecular weight excluding hydrogens is 373 g/mol. The summed E-state index contributed by atoms with van der Waals surface area (Å²) in [6, 6.07) is 6.37. The minimum absolute atomic E-state index is 0. The molecule has 0 radical (unpaired) electrons. The Morgan fingerprint density at radius 2 is 1.86 bits per heavy atom. The first-order valence-electron chi connectivity index (χ1n) is 7.73. The quantitative estimate of drug-likeness (QED) is 0.452. The van der Waals surface area contributed by atoms with Gasteiger partial charge in [-0.15, -0.1) is 24.0 Å². The number of anilines is 1. The maximum absolute atomic E-state index is 6.05. The maximum atomic E-state index is 6.05. The van der Waals surface area contributed by atoms with E-state index in [-0.39, 0.29) is 24.0 Å². The lowest BCUT2D eigenvalue weighted by molar-refractivity contribution is 0.113. The Balaban J connectivity index is 0.00000161. The molecule has 0 unspecified atom stereocenters. The molecular formula is C17H26IN3. The number of hydrogen-bond donors (Lipinski definition) is 2. The van der Waals surface area contributed by atoms with Crippen LogP contribution in [0.3, 0.4) is 0 Å². The molecule has 2 aliphatic carbocycles. The van der Waals surface area contributed by atoms with Gasteiger partial charge in [-0.05, 0) is 74.1 Å². The summed E-state index contributed by atoms with van der Waals surface area (Å²) in [6.45, 7) is 5.10. The van der Waals surface area contributed by atoms with Gasteiger partial charge in [-0.2, -0.15) is 0 Å². The summed E-state index contributed by atoms with van der Waals surface area (Å²) in [7, 11) is 0. The molecule has 1 aromatic carbocycles. The molecule has 0 aliphatic heterocycles. The van der Waals surface area contributed by atoms with Crippen LogP contribution >= 0.6 is 24.0 Å². The number of benzene rings is 1. The van der Waals surface area contributed by atoms with Crippen LogP contribution in [0.2, 0.25) is 0 Å². The van der Waals surface area contributed by atoms with Crippen LogP contribution in [0.4, 0.5) is 5.69 Å². The molecule has 4 heteroatoms. The molecule has 1 aromatic rings. The molecule has 0 bridgehead atoms. The van der Waals surface area contributed by atoms with Crippen molar-refractivity contribution >= 4 is 35.6 Å². The first-order valence-corrected chi connectivity index (χ1v) is 7.73. The van der Waals surface area contributed by atoms with Crippen molar-refractivity contribution in [3.63, 3.8) is 0 Å². The summed E-state index contributed by atoms with van der Waals surface area (Å²) in [5, 5.41) is 3.23. The zero-order valence-electron chi connectivity index (χ0n) is 13.0. The molecule has 0 heterocycles. The zero-order chi connectivity index (χ0) is 14.2. The van der Waals surface area contributed by atoms with Gasteiger partial charge in [0.2, 0.25) is 0 Å². The molecule has 3 rings (SSSR count). The van der Waals surface area contributed by atoms with Gasteiger partial charge in [0.1, 0.15) is 0 Å². The normalized spacial score (nSPS) is 20.4. The molecule has 2 saturated carbocycles. The predicted molar refractivity (Wildman–Crippen MR) is 100 cm³/mol. The topological polar surface area (TPSA) is 50.4 Å². The molecule has 0 spiro atoms. The maximum Gasteiger partial charge on any atom is 0.193 e. The largest absolute Gasteiger partial charge is 0.370 e.